The van der Waals surface area contributed by atoms with E-state index in [4.69, 9.17) is 14.2 Å². The smallest absolute Gasteiger partial charge is 0.257 e. The summed E-state index contributed by atoms with van der Waals surface area (Å²) in [5.41, 5.74) is 2.37. The maximum atomic E-state index is 13.4. The van der Waals surface area contributed by atoms with Crippen LogP contribution in [0.2, 0.25) is 0 Å². The molecular weight excluding hydrogens is 382 g/mol. The monoisotopic (exact) mass is 413 g/mol. The van der Waals surface area contributed by atoms with Gasteiger partial charge in [0, 0.05) is 24.3 Å². The highest BCUT2D eigenvalue weighted by Gasteiger charge is 2.34. The number of carbonyl (C=O) groups is 1. The molecule has 162 valence electrons. The van der Waals surface area contributed by atoms with Crippen LogP contribution in [-0.2, 0) is 0 Å². The SMILES string of the molecule is CCN(CC)CCN1C(=O)c2ccccc2N[C@H]1c1cc(OC)c(OC)c(OC)c1. The minimum Gasteiger partial charge on any atom is -0.493 e. The summed E-state index contributed by atoms with van der Waals surface area (Å²) in [7, 11) is 4.76. The Morgan fingerprint density at radius 2 is 1.63 bits per heavy atom. The van der Waals surface area contributed by atoms with E-state index in [1.807, 2.05) is 41.3 Å². The molecule has 0 aliphatic carbocycles. The van der Waals surface area contributed by atoms with Gasteiger partial charge in [-0.25, -0.2) is 0 Å². The normalized spacial score (nSPS) is 15.6. The number of nitrogens with zero attached hydrogens (tertiary/aromatic N) is 2. The number of anilines is 1. The number of benzene rings is 2. The highest BCUT2D eigenvalue weighted by molar-refractivity contribution is 6.01. The fraction of sp³-hybridized carbons (Fsp3) is 0.435. The van der Waals surface area contributed by atoms with Crippen molar-refractivity contribution in [2.75, 3.05) is 52.8 Å². The summed E-state index contributed by atoms with van der Waals surface area (Å²) < 4.78 is 16.5. The Bertz CT molecular complexity index is 857. The molecule has 2 aromatic carbocycles. The number of hydrogen-bond donors (Lipinski definition) is 1. The molecule has 1 N–H and O–H groups in total. The number of para-hydroxylation sites is 1. The van der Waals surface area contributed by atoms with E-state index in [-0.39, 0.29) is 12.1 Å². The maximum absolute atomic E-state index is 13.4. The van der Waals surface area contributed by atoms with E-state index in [0.717, 1.165) is 30.9 Å². The van der Waals surface area contributed by atoms with E-state index in [2.05, 4.69) is 24.1 Å². The Labute approximate surface area is 178 Å². The van der Waals surface area contributed by atoms with E-state index in [1.165, 1.54) is 0 Å². The molecule has 0 saturated carbocycles. The topological polar surface area (TPSA) is 63.3 Å². The van der Waals surface area contributed by atoms with E-state index in [9.17, 15) is 4.79 Å². The van der Waals surface area contributed by atoms with Crippen molar-refractivity contribution in [3.05, 3.63) is 47.5 Å². The van der Waals surface area contributed by atoms with Gasteiger partial charge in [0.15, 0.2) is 11.5 Å². The minimum atomic E-state index is -0.350. The Morgan fingerprint density at radius 1 is 1.00 bits per heavy atom. The molecule has 0 spiro atoms. The van der Waals surface area contributed by atoms with Gasteiger partial charge in [-0.3, -0.25) is 4.79 Å². The summed E-state index contributed by atoms with van der Waals surface area (Å²) in [6, 6.07) is 11.4. The maximum Gasteiger partial charge on any atom is 0.257 e. The third-order valence-electron chi connectivity index (χ3n) is 5.58. The molecule has 30 heavy (non-hydrogen) atoms. The molecule has 0 radical (unpaired) electrons. The molecular formula is C23H31N3O4. The van der Waals surface area contributed by atoms with E-state index < -0.39 is 0 Å². The van der Waals surface area contributed by atoms with Crippen LogP contribution in [0, 0.1) is 0 Å². The highest BCUT2D eigenvalue weighted by Crippen LogP contribution is 2.42. The Hall–Kier alpha value is -2.93. The summed E-state index contributed by atoms with van der Waals surface area (Å²) in [4.78, 5) is 17.6. The second-order valence-corrected chi connectivity index (χ2v) is 7.08. The molecule has 0 bridgehead atoms. The second kappa shape index (κ2) is 9.71. The zero-order valence-corrected chi connectivity index (χ0v) is 18.4. The lowest BCUT2D eigenvalue weighted by atomic mass is 10.0. The molecule has 0 aromatic heterocycles. The Kier molecular flexibility index (Phi) is 7.05. The van der Waals surface area contributed by atoms with Gasteiger partial charge in [0.25, 0.3) is 5.91 Å². The average molecular weight is 414 g/mol. The lowest BCUT2D eigenvalue weighted by Gasteiger charge is -2.39. The van der Waals surface area contributed by atoms with Crippen LogP contribution in [0.1, 0.15) is 35.9 Å². The second-order valence-electron chi connectivity index (χ2n) is 7.08. The molecule has 7 heteroatoms. The Balaban J connectivity index is 2.04. The lowest BCUT2D eigenvalue weighted by molar-refractivity contribution is 0.0659. The molecule has 0 saturated heterocycles. The van der Waals surface area contributed by atoms with Crippen LogP contribution in [0.25, 0.3) is 0 Å². The third-order valence-corrected chi connectivity index (χ3v) is 5.58. The minimum absolute atomic E-state index is 0.00950. The van der Waals surface area contributed by atoms with Crippen molar-refractivity contribution in [2.45, 2.75) is 20.0 Å². The molecule has 1 atom stereocenters. The molecule has 3 rings (SSSR count). The van der Waals surface area contributed by atoms with Gasteiger partial charge in [0.2, 0.25) is 5.75 Å². The van der Waals surface area contributed by atoms with Crippen molar-refractivity contribution in [3.8, 4) is 17.2 Å². The number of rotatable bonds is 9. The first-order chi connectivity index (χ1) is 14.6. The van der Waals surface area contributed by atoms with E-state index in [0.29, 0.717) is 29.4 Å². The van der Waals surface area contributed by atoms with Crippen molar-refractivity contribution in [1.82, 2.24) is 9.80 Å². The van der Waals surface area contributed by atoms with Gasteiger partial charge in [0.1, 0.15) is 6.17 Å². The van der Waals surface area contributed by atoms with Gasteiger partial charge in [-0.05, 0) is 37.4 Å². The number of likely N-dealkylation sites (N-methyl/N-ethyl adjacent to an activating group) is 1. The van der Waals surface area contributed by atoms with Gasteiger partial charge in [-0.2, -0.15) is 0 Å². The summed E-state index contributed by atoms with van der Waals surface area (Å²) in [5.74, 6) is 1.66. The predicted molar refractivity (Wildman–Crippen MR) is 118 cm³/mol. The molecule has 1 amide bonds. The molecule has 2 aromatic rings. The van der Waals surface area contributed by atoms with Crippen LogP contribution in [0.4, 0.5) is 5.69 Å². The molecule has 0 fully saturated rings. The number of fused-ring (bicyclic) bond motifs is 1. The van der Waals surface area contributed by atoms with Crippen LogP contribution in [0.5, 0.6) is 17.2 Å². The summed E-state index contributed by atoms with van der Waals surface area (Å²) >= 11 is 0. The number of nitrogens with one attached hydrogen (secondary N) is 1. The van der Waals surface area contributed by atoms with Crippen molar-refractivity contribution >= 4 is 11.6 Å². The van der Waals surface area contributed by atoms with Crippen molar-refractivity contribution in [3.63, 3.8) is 0 Å². The molecule has 1 aliphatic rings. The lowest BCUT2D eigenvalue weighted by Crippen LogP contribution is -2.46. The zero-order chi connectivity index (χ0) is 21.7. The standard InChI is InChI=1S/C23H31N3O4/c1-6-25(7-2)12-13-26-22(24-18-11-9-8-10-17(18)23(26)27)16-14-19(28-3)21(30-5)20(15-16)29-4/h8-11,14-15,22,24H,6-7,12-13H2,1-5H3/t22-/m1/s1. The fourth-order valence-electron chi connectivity index (χ4n) is 3.83. The van der Waals surface area contributed by atoms with E-state index >= 15 is 0 Å². The first kappa shape index (κ1) is 21.8. The first-order valence-electron chi connectivity index (χ1n) is 10.3. The number of carbonyl (C=O) groups excluding carboxylic acids is 1. The van der Waals surface area contributed by atoms with Crippen LogP contribution < -0.4 is 19.5 Å². The van der Waals surface area contributed by atoms with Crippen molar-refractivity contribution in [2.24, 2.45) is 0 Å². The molecule has 7 nitrogen and oxygen atoms in total. The van der Waals surface area contributed by atoms with Gasteiger partial charge >= 0.3 is 0 Å². The molecule has 1 aliphatic heterocycles. The molecule has 1 heterocycles. The van der Waals surface area contributed by atoms with Gasteiger partial charge in [-0.15, -0.1) is 0 Å². The number of amides is 1. The first-order valence-corrected chi connectivity index (χ1v) is 10.3. The average Bonchev–Trinajstić information content (AvgIpc) is 2.79. The van der Waals surface area contributed by atoms with Crippen molar-refractivity contribution in [1.29, 1.82) is 0 Å². The van der Waals surface area contributed by atoms with Gasteiger partial charge < -0.3 is 29.3 Å². The van der Waals surface area contributed by atoms with E-state index in [1.54, 1.807) is 21.3 Å². The summed E-state index contributed by atoms with van der Waals surface area (Å²) in [5, 5.41) is 3.53. The number of methoxy groups -OCH3 is 3. The zero-order valence-electron chi connectivity index (χ0n) is 18.4. The number of ether oxygens (including phenoxy) is 3. The highest BCUT2D eigenvalue weighted by atomic mass is 16.5. The predicted octanol–water partition coefficient (Wildman–Crippen LogP) is 3.62. The summed E-state index contributed by atoms with van der Waals surface area (Å²) in [6.07, 6.45) is -0.350. The largest absolute Gasteiger partial charge is 0.493 e. The Morgan fingerprint density at radius 3 is 2.20 bits per heavy atom. The fourth-order valence-corrected chi connectivity index (χ4v) is 3.83. The van der Waals surface area contributed by atoms with Crippen LogP contribution in [0.3, 0.4) is 0 Å². The van der Waals surface area contributed by atoms with Crippen LogP contribution >= 0.6 is 0 Å². The van der Waals surface area contributed by atoms with Gasteiger partial charge in [0.05, 0.1) is 26.9 Å². The number of hydrogen-bond acceptors (Lipinski definition) is 6. The summed E-state index contributed by atoms with van der Waals surface area (Å²) in [6.45, 7) is 7.54. The van der Waals surface area contributed by atoms with Gasteiger partial charge in [-0.1, -0.05) is 26.0 Å². The van der Waals surface area contributed by atoms with Crippen LogP contribution in [0.15, 0.2) is 36.4 Å². The third kappa shape index (κ3) is 4.16. The van der Waals surface area contributed by atoms with Crippen LogP contribution in [-0.4, -0.2) is 63.2 Å². The quantitative estimate of drug-likeness (QED) is 0.678. The molecule has 0 unspecified atom stereocenters. The van der Waals surface area contributed by atoms with Crippen molar-refractivity contribution < 1.29 is 19.0 Å².